The predicted octanol–water partition coefficient (Wildman–Crippen LogP) is 3.34. The van der Waals surface area contributed by atoms with Gasteiger partial charge in [-0.15, -0.1) is 10.2 Å². The molecule has 116 valence electrons. The molecule has 0 unspecified atom stereocenters. The van der Waals surface area contributed by atoms with Gasteiger partial charge in [-0.05, 0) is 42.5 Å². The number of carbonyl (C=O) groups excluding carboxylic acids is 1. The highest BCUT2D eigenvalue weighted by Crippen LogP contribution is 2.16. The smallest absolute Gasteiger partial charge is 0.256 e. The monoisotopic (exact) mass is 315 g/mol. The minimum Gasteiger partial charge on any atom is -0.339 e. The number of benzene rings is 2. The fourth-order valence-electron chi connectivity index (χ4n) is 2.06. The first-order chi connectivity index (χ1) is 11.7. The predicted molar refractivity (Wildman–Crippen MR) is 90.9 cm³/mol. The SMILES string of the molecule is N#Cc1cccc(Nc2ccc(NC(=O)c3ccccc3)nn2)c1. The molecular weight excluding hydrogens is 302 g/mol. The summed E-state index contributed by atoms with van der Waals surface area (Å²) in [5.74, 6) is 0.635. The molecule has 0 saturated carbocycles. The summed E-state index contributed by atoms with van der Waals surface area (Å²) in [6, 6.07) is 21.4. The van der Waals surface area contributed by atoms with Crippen molar-refractivity contribution in [1.82, 2.24) is 10.2 Å². The molecule has 6 nitrogen and oxygen atoms in total. The van der Waals surface area contributed by atoms with Gasteiger partial charge < -0.3 is 10.6 Å². The number of carbonyl (C=O) groups is 1. The normalized spacial score (nSPS) is 9.79. The average Bonchev–Trinajstić information content (AvgIpc) is 2.64. The van der Waals surface area contributed by atoms with Crippen LogP contribution in [-0.4, -0.2) is 16.1 Å². The van der Waals surface area contributed by atoms with E-state index < -0.39 is 0 Å². The van der Waals surface area contributed by atoms with E-state index in [1.54, 1.807) is 54.6 Å². The van der Waals surface area contributed by atoms with E-state index in [0.29, 0.717) is 22.8 Å². The lowest BCUT2D eigenvalue weighted by Crippen LogP contribution is -2.13. The van der Waals surface area contributed by atoms with Crippen molar-refractivity contribution in [3.8, 4) is 6.07 Å². The van der Waals surface area contributed by atoms with Crippen molar-refractivity contribution in [1.29, 1.82) is 5.26 Å². The minimum atomic E-state index is -0.243. The van der Waals surface area contributed by atoms with Gasteiger partial charge in [0.05, 0.1) is 11.6 Å². The quantitative estimate of drug-likeness (QED) is 0.770. The minimum absolute atomic E-state index is 0.243. The van der Waals surface area contributed by atoms with Crippen LogP contribution in [0.1, 0.15) is 15.9 Å². The largest absolute Gasteiger partial charge is 0.339 e. The molecule has 2 N–H and O–H groups in total. The number of rotatable bonds is 4. The third kappa shape index (κ3) is 3.72. The first kappa shape index (κ1) is 15.2. The maximum absolute atomic E-state index is 12.0. The Bertz CT molecular complexity index is 885. The fourth-order valence-corrected chi connectivity index (χ4v) is 2.06. The Balaban J connectivity index is 1.67. The molecule has 0 aliphatic rings. The Morgan fingerprint density at radius 1 is 0.917 bits per heavy atom. The zero-order valence-electron chi connectivity index (χ0n) is 12.6. The van der Waals surface area contributed by atoms with Crippen molar-refractivity contribution < 1.29 is 4.79 Å². The first-order valence-electron chi connectivity index (χ1n) is 7.22. The molecule has 6 heteroatoms. The van der Waals surface area contributed by atoms with Gasteiger partial charge in [-0.1, -0.05) is 24.3 Å². The number of aromatic nitrogens is 2. The van der Waals surface area contributed by atoms with Crippen LogP contribution in [0.5, 0.6) is 0 Å². The van der Waals surface area contributed by atoms with E-state index in [-0.39, 0.29) is 5.91 Å². The molecule has 1 aromatic heterocycles. The van der Waals surface area contributed by atoms with E-state index >= 15 is 0 Å². The number of anilines is 3. The van der Waals surface area contributed by atoms with Crippen LogP contribution >= 0.6 is 0 Å². The third-order valence-electron chi connectivity index (χ3n) is 3.21. The average molecular weight is 315 g/mol. The highest BCUT2D eigenvalue weighted by atomic mass is 16.1. The lowest BCUT2D eigenvalue weighted by molar-refractivity contribution is 0.102. The highest BCUT2D eigenvalue weighted by Gasteiger charge is 2.06. The summed E-state index contributed by atoms with van der Waals surface area (Å²) in [5.41, 5.74) is 1.85. The van der Waals surface area contributed by atoms with Crippen molar-refractivity contribution in [3.05, 3.63) is 77.9 Å². The van der Waals surface area contributed by atoms with Crippen molar-refractivity contribution in [2.75, 3.05) is 10.6 Å². The number of nitrogens with one attached hydrogen (secondary N) is 2. The second-order valence-corrected chi connectivity index (χ2v) is 4.94. The van der Waals surface area contributed by atoms with Crippen molar-refractivity contribution in [3.63, 3.8) is 0 Å². The van der Waals surface area contributed by atoms with Gasteiger partial charge in [0.15, 0.2) is 11.6 Å². The van der Waals surface area contributed by atoms with Crippen LogP contribution < -0.4 is 10.6 Å². The standard InChI is InChI=1S/C18H13N5O/c19-12-13-5-4-8-15(11-13)20-16-9-10-17(23-22-16)21-18(24)14-6-2-1-3-7-14/h1-11H,(H,20,22)(H,21,23,24). The topological polar surface area (TPSA) is 90.7 Å². The van der Waals surface area contributed by atoms with Gasteiger partial charge in [0.2, 0.25) is 0 Å². The lowest BCUT2D eigenvalue weighted by atomic mass is 10.2. The van der Waals surface area contributed by atoms with Crippen molar-refractivity contribution in [2.45, 2.75) is 0 Å². The van der Waals surface area contributed by atoms with E-state index in [2.05, 4.69) is 26.9 Å². The molecule has 0 radical (unpaired) electrons. The van der Waals surface area contributed by atoms with E-state index in [1.165, 1.54) is 0 Å². The second kappa shape index (κ2) is 7.03. The molecule has 0 atom stereocenters. The summed E-state index contributed by atoms with van der Waals surface area (Å²) >= 11 is 0. The fraction of sp³-hybridized carbons (Fsp3) is 0. The first-order valence-corrected chi connectivity index (χ1v) is 7.22. The molecule has 3 rings (SSSR count). The Morgan fingerprint density at radius 2 is 1.67 bits per heavy atom. The number of hydrogen-bond donors (Lipinski definition) is 2. The van der Waals surface area contributed by atoms with Crippen LogP contribution in [-0.2, 0) is 0 Å². The van der Waals surface area contributed by atoms with E-state index in [1.807, 2.05) is 12.1 Å². The maximum Gasteiger partial charge on any atom is 0.256 e. The van der Waals surface area contributed by atoms with Gasteiger partial charge in [0, 0.05) is 11.3 Å². The summed E-state index contributed by atoms with van der Waals surface area (Å²) in [6.07, 6.45) is 0. The highest BCUT2D eigenvalue weighted by molar-refractivity contribution is 6.03. The Morgan fingerprint density at radius 3 is 2.38 bits per heavy atom. The van der Waals surface area contributed by atoms with Crippen LogP contribution in [0.2, 0.25) is 0 Å². The van der Waals surface area contributed by atoms with Crippen LogP contribution in [0, 0.1) is 11.3 Å². The Hall–Kier alpha value is -3.72. The lowest BCUT2D eigenvalue weighted by Gasteiger charge is -2.07. The zero-order chi connectivity index (χ0) is 16.8. The van der Waals surface area contributed by atoms with Gasteiger partial charge >= 0.3 is 0 Å². The molecule has 24 heavy (non-hydrogen) atoms. The number of nitrogens with zero attached hydrogens (tertiary/aromatic N) is 3. The Labute approximate surface area is 138 Å². The summed E-state index contributed by atoms with van der Waals surface area (Å²) in [6.45, 7) is 0. The maximum atomic E-state index is 12.0. The summed E-state index contributed by atoms with van der Waals surface area (Å²) in [4.78, 5) is 12.0. The second-order valence-electron chi connectivity index (χ2n) is 4.94. The molecule has 0 bridgehead atoms. The van der Waals surface area contributed by atoms with Crippen LogP contribution in [0.3, 0.4) is 0 Å². The number of hydrogen-bond acceptors (Lipinski definition) is 5. The van der Waals surface area contributed by atoms with Crippen molar-refractivity contribution >= 4 is 23.2 Å². The molecule has 2 aromatic carbocycles. The summed E-state index contributed by atoms with van der Waals surface area (Å²) < 4.78 is 0. The van der Waals surface area contributed by atoms with Gasteiger partial charge in [0.1, 0.15) is 0 Å². The van der Waals surface area contributed by atoms with E-state index in [9.17, 15) is 4.79 Å². The molecular formula is C18H13N5O. The number of amides is 1. The van der Waals surface area contributed by atoms with Crippen LogP contribution in [0.4, 0.5) is 17.3 Å². The number of nitriles is 1. The molecule has 1 heterocycles. The van der Waals surface area contributed by atoms with Gasteiger partial charge in [0.25, 0.3) is 5.91 Å². The van der Waals surface area contributed by atoms with E-state index in [4.69, 9.17) is 5.26 Å². The summed E-state index contributed by atoms with van der Waals surface area (Å²) in [7, 11) is 0. The van der Waals surface area contributed by atoms with Crippen molar-refractivity contribution in [2.24, 2.45) is 0 Å². The molecule has 0 aliphatic carbocycles. The van der Waals surface area contributed by atoms with Gasteiger partial charge in [-0.2, -0.15) is 5.26 Å². The molecule has 0 saturated heterocycles. The van der Waals surface area contributed by atoms with Gasteiger partial charge in [-0.25, -0.2) is 0 Å². The third-order valence-corrected chi connectivity index (χ3v) is 3.21. The van der Waals surface area contributed by atoms with E-state index in [0.717, 1.165) is 5.69 Å². The molecule has 1 amide bonds. The van der Waals surface area contributed by atoms with Crippen LogP contribution in [0.25, 0.3) is 0 Å². The molecule has 0 aliphatic heterocycles. The Kier molecular flexibility index (Phi) is 4.45. The zero-order valence-corrected chi connectivity index (χ0v) is 12.6. The molecule has 0 spiro atoms. The molecule has 3 aromatic rings. The summed E-state index contributed by atoms with van der Waals surface area (Å²) in [5, 5.41) is 22.6. The van der Waals surface area contributed by atoms with Crippen LogP contribution in [0.15, 0.2) is 66.7 Å². The van der Waals surface area contributed by atoms with Gasteiger partial charge in [-0.3, -0.25) is 4.79 Å². The molecule has 0 fully saturated rings.